The van der Waals surface area contributed by atoms with Gasteiger partial charge < -0.3 is 10.1 Å². The van der Waals surface area contributed by atoms with Crippen molar-refractivity contribution in [1.82, 2.24) is 5.32 Å². The van der Waals surface area contributed by atoms with Crippen LogP contribution in [0.4, 0.5) is 4.39 Å². The molecule has 2 rings (SSSR count). The van der Waals surface area contributed by atoms with Crippen LogP contribution in [0, 0.1) is 5.82 Å². The van der Waals surface area contributed by atoms with Crippen molar-refractivity contribution in [3.8, 4) is 0 Å². The number of aryl methyl sites for hydroxylation is 1. The first kappa shape index (κ1) is 17.7. The monoisotopic (exact) mass is 329 g/mol. The van der Waals surface area contributed by atoms with Gasteiger partial charge in [-0.2, -0.15) is 0 Å². The number of hydrogen-bond acceptors (Lipinski definition) is 3. The minimum atomic E-state index is -0.466. The van der Waals surface area contributed by atoms with Crippen LogP contribution in [0.3, 0.4) is 0 Å². The summed E-state index contributed by atoms with van der Waals surface area (Å²) >= 11 is 0. The average molecular weight is 329 g/mol. The Hall–Kier alpha value is -2.69. The van der Waals surface area contributed by atoms with E-state index in [1.54, 1.807) is 18.2 Å². The Balaban J connectivity index is 1.99. The number of carbonyl (C=O) groups excluding carboxylic acids is 2. The van der Waals surface area contributed by atoms with Gasteiger partial charge in [-0.15, -0.1) is 0 Å². The normalized spacial score (nSPS) is 11.6. The summed E-state index contributed by atoms with van der Waals surface area (Å²) < 4.78 is 18.3. The molecule has 1 N–H and O–H groups in total. The number of methoxy groups -OCH3 is 1. The Kier molecular flexibility index (Phi) is 6.49. The Morgan fingerprint density at radius 3 is 2.42 bits per heavy atom. The summed E-state index contributed by atoms with van der Waals surface area (Å²) in [6, 6.07) is 15.1. The van der Waals surface area contributed by atoms with Crippen molar-refractivity contribution in [3.63, 3.8) is 0 Å². The van der Waals surface area contributed by atoms with E-state index in [0.29, 0.717) is 12.0 Å². The van der Waals surface area contributed by atoms with Gasteiger partial charge in [-0.3, -0.25) is 9.59 Å². The largest absolute Gasteiger partial charge is 0.469 e. The lowest BCUT2D eigenvalue weighted by Crippen LogP contribution is -2.30. The second-order valence-electron chi connectivity index (χ2n) is 5.40. The smallest absolute Gasteiger partial charge is 0.307 e. The summed E-state index contributed by atoms with van der Waals surface area (Å²) in [6.07, 6.45) is 0.496. The lowest BCUT2D eigenvalue weighted by Gasteiger charge is -2.18. The molecule has 4 nitrogen and oxygen atoms in total. The van der Waals surface area contributed by atoms with Gasteiger partial charge in [0.2, 0.25) is 5.91 Å². The van der Waals surface area contributed by atoms with Crippen LogP contribution >= 0.6 is 0 Å². The van der Waals surface area contributed by atoms with Crippen molar-refractivity contribution in [1.29, 1.82) is 0 Å². The molecular formula is C19H20FNO3. The van der Waals surface area contributed by atoms with Gasteiger partial charge in [0.05, 0.1) is 19.6 Å². The molecule has 0 spiro atoms. The molecule has 1 atom stereocenters. The van der Waals surface area contributed by atoms with E-state index >= 15 is 0 Å². The van der Waals surface area contributed by atoms with Gasteiger partial charge in [-0.05, 0) is 23.6 Å². The maximum absolute atomic E-state index is 13.6. The lowest BCUT2D eigenvalue weighted by atomic mass is 10.0. The first-order valence-corrected chi connectivity index (χ1v) is 7.74. The number of halogens is 1. The minimum absolute atomic E-state index is 0.0476. The Morgan fingerprint density at radius 1 is 1.08 bits per heavy atom. The molecule has 2 aromatic rings. The summed E-state index contributed by atoms with van der Waals surface area (Å²) in [5.74, 6) is -0.964. The van der Waals surface area contributed by atoms with Crippen LogP contribution in [0.2, 0.25) is 0 Å². The lowest BCUT2D eigenvalue weighted by molar-refractivity contribution is -0.141. The van der Waals surface area contributed by atoms with Gasteiger partial charge in [0, 0.05) is 6.42 Å². The highest BCUT2D eigenvalue weighted by atomic mass is 19.1. The third-order valence-electron chi connectivity index (χ3n) is 3.71. The molecule has 126 valence electrons. The van der Waals surface area contributed by atoms with Crippen LogP contribution < -0.4 is 5.32 Å². The highest BCUT2D eigenvalue weighted by Crippen LogP contribution is 2.18. The zero-order valence-electron chi connectivity index (χ0n) is 13.5. The number of esters is 1. The second-order valence-corrected chi connectivity index (χ2v) is 5.40. The molecule has 5 heteroatoms. The summed E-state index contributed by atoms with van der Waals surface area (Å²) in [6.45, 7) is 0. The van der Waals surface area contributed by atoms with Crippen LogP contribution in [-0.2, 0) is 20.7 Å². The molecule has 0 aromatic heterocycles. The standard InChI is InChI=1S/C19H20FNO3/c1-24-19(23)13-17(15-8-3-2-4-9-15)21-18(22)12-11-14-7-5-6-10-16(14)20/h2-10,17H,11-13H2,1H3,(H,21,22)/t17-/m1/s1. The van der Waals surface area contributed by atoms with Crippen molar-refractivity contribution in [3.05, 3.63) is 71.5 Å². The number of amides is 1. The molecule has 2 aromatic carbocycles. The molecule has 0 radical (unpaired) electrons. The van der Waals surface area contributed by atoms with Gasteiger partial charge in [-0.25, -0.2) is 4.39 Å². The van der Waals surface area contributed by atoms with E-state index < -0.39 is 12.0 Å². The number of ether oxygens (including phenoxy) is 1. The van der Waals surface area contributed by atoms with Crippen LogP contribution in [0.25, 0.3) is 0 Å². The summed E-state index contributed by atoms with van der Waals surface area (Å²) in [5, 5.41) is 2.83. The Morgan fingerprint density at radius 2 is 1.75 bits per heavy atom. The molecule has 1 amide bonds. The fraction of sp³-hybridized carbons (Fsp3) is 0.263. The van der Waals surface area contributed by atoms with Gasteiger partial charge in [0.1, 0.15) is 5.82 Å². The molecule has 0 saturated heterocycles. The third kappa shape index (κ3) is 5.19. The number of benzene rings is 2. The van der Waals surface area contributed by atoms with E-state index in [1.165, 1.54) is 13.2 Å². The zero-order valence-corrected chi connectivity index (χ0v) is 13.5. The summed E-state index contributed by atoms with van der Waals surface area (Å²) in [5.41, 5.74) is 1.32. The van der Waals surface area contributed by atoms with Crippen LogP contribution in [0.5, 0.6) is 0 Å². The molecule has 0 unspecified atom stereocenters. The highest BCUT2D eigenvalue weighted by Gasteiger charge is 2.18. The van der Waals surface area contributed by atoms with Crippen molar-refractivity contribution >= 4 is 11.9 Å². The summed E-state index contributed by atoms with van der Waals surface area (Å²) in [4.78, 5) is 23.8. The fourth-order valence-corrected chi connectivity index (χ4v) is 2.40. The van der Waals surface area contributed by atoms with Gasteiger partial charge in [0.25, 0.3) is 0 Å². The number of carbonyl (C=O) groups is 2. The number of nitrogens with one attached hydrogen (secondary N) is 1. The fourth-order valence-electron chi connectivity index (χ4n) is 2.40. The van der Waals surface area contributed by atoms with E-state index in [9.17, 15) is 14.0 Å². The highest BCUT2D eigenvalue weighted by molar-refractivity contribution is 5.78. The maximum atomic E-state index is 13.6. The topological polar surface area (TPSA) is 55.4 Å². The first-order chi connectivity index (χ1) is 11.6. The van der Waals surface area contributed by atoms with E-state index in [-0.39, 0.29) is 24.6 Å². The van der Waals surface area contributed by atoms with E-state index in [0.717, 1.165) is 5.56 Å². The van der Waals surface area contributed by atoms with Crippen molar-refractivity contribution in [2.75, 3.05) is 7.11 Å². The zero-order chi connectivity index (χ0) is 17.4. The molecule has 0 heterocycles. The van der Waals surface area contributed by atoms with Crippen LogP contribution in [-0.4, -0.2) is 19.0 Å². The third-order valence-corrected chi connectivity index (χ3v) is 3.71. The van der Waals surface area contributed by atoms with E-state index in [1.807, 2.05) is 30.3 Å². The molecular weight excluding hydrogens is 309 g/mol. The first-order valence-electron chi connectivity index (χ1n) is 7.74. The number of rotatable bonds is 7. The molecule has 0 bridgehead atoms. The average Bonchev–Trinajstić information content (AvgIpc) is 2.61. The van der Waals surface area contributed by atoms with Crippen LogP contribution in [0.15, 0.2) is 54.6 Å². The van der Waals surface area contributed by atoms with Crippen molar-refractivity contribution < 1.29 is 18.7 Å². The van der Waals surface area contributed by atoms with E-state index in [4.69, 9.17) is 0 Å². The predicted molar refractivity (Wildman–Crippen MR) is 88.7 cm³/mol. The SMILES string of the molecule is COC(=O)C[C@@H](NC(=O)CCc1ccccc1F)c1ccccc1. The molecule has 0 aliphatic heterocycles. The van der Waals surface area contributed by atoms with Crippen LogP contribution in [0.1, 0.15) is 30.0 Å². The maximum Gasteiger partial charge on any atom is 0.307 e. The molecule has 0 aliphatic rings. The quantitative estimate of drug-likeness (QED) is 0.794. The molecule has 0 saturated carbocycles. The van der Waals surface area contributed by atoms with Gasteiger partial charge in [-0.1, -0.05) is 48.5 Å². The predicted octanol–water partition coefficient (Wildman–Crippen LogP) is 3.18. The van der Waals surface area contributed by atoms with Gasteiger partial charge in [0.15, 0.2) is 0 Å². The molecule has 0 fully saturated rings. The number of hydrogen-bond donors (Lipinski definition) is 1. The molecule has 0 aliphatic carbocycles. The second kappa shape index (κ2) is 8.82. The molecule has 24 heavy (non-hydrogen) atoms. The van der Waals surface area contributed by atoms with Crippen molar-refractivity contribution in [2.24, 2.45) is 0 Å². The summed E-state index contributed by atoms with van der Waals surface area (Å²) in [7, 11) is 1.31. The Bertz CT molecular complexity index is 688. The van der Waals surface area contributed by atoms with Crippen molar-refractivity contribution in [2.45, 2.75) is 25.3 Å². The Labute approximate surface area is 140 Å². The minimum Gasteiger partial charge on any atom is -0.469 e. The van der Waals surface area contributed by atoms with Gasteiger partial charge >= 0.3 is 5.97 Å². The van der Waals surface area contributed by atoms with E-state index in [2.05, 4.69) is 10.1 Å².